The Morgan fingerprint density at radius 3 is 2.44 bits per heavy atom. The van der Waals surface area contributed by atoms with E-state index in [1.54, 1.807) is 25.1 Å². The Morgan fingerprint density at radius 1 is 1.22 bits per heavy atom. The number of benzene rings is 2. The number of nitrogens with zero attached hydrogens (tertiary/aromatic N) is 1. The topological polar surface area (TPSA) is 66.5 Å². The van der Waals surface area contributed by atoms with Crippen LogP contribution in [-0.4, -0.2) is 26.6 Å². The monoisotopic (exact) mass is 432 g/mol. The van der Waals surface area contributed by atoms with Gasteiger partial charge in [-0.3, -0.25) is 9.10 Å². The lowest BCUT2D eigenvalue weighted by Crippen LogP contribution is -2.49. The molecule has 0 saturated heterocycles. The van der Waals surface area contributed by atoms with Crippen LogP contribution in [0.4, 0.5) is 10.1 Å². The van der Waals surface area contributed by atoms with Gasteiger partial charge in [-0.1, -0.05) is 48.3 Å². The highest BCUT2D eigenvalue weighted by Crippen LogP contribution is 2.26. The predicted octanol–water partition coefficient (Wildman–Crippen LogP) is 3.99. The molecule has 0 aromatic heterocycles. The van der Waals surface area contributed by atoms with Crippen LogP contribution >= 0.6 is 23.2 Å². The second kappa shape index (κ2) is 8.91. The molecule has 0 fully saturated rings. The Bertz CT molecular complexity index is 938. The average molecular weight is 433 g/mol. The first-order valence-electron chi connectivity index (χ1n) is 8.10. The molecule has 1 amide bonds. The van der Waals surface area contributed by atoms with Crippen LogP contribution in [0.3, 0.4) is 0 Å². The number of anilines is 1. The molecule has 0 aliphatic carbocycles. The molecule has 5 nitrogen and oxygen atoms in total. The highest BCUT2D eigenvalue weighted by atomic mass is 35.5. The zero-order chi connectivity index (χ0) is 20.2. The fraction of sp³-hybridized carbons (Fsp3) is 0.278. The average Bonchev–Trinajstić information content (AvgIpc) is 2.58. The lowest BCUT2D eigenvalue weighted by molar-refractivity contribution is -0.122. The lowest BCUT2D eigenvalue weighted by Gasteiger charge is -2.30. The van der Waals surface area contributed by atoms with Crippen LogP contribution in [0.25, 0.3) is 0 Å². The molecule has 0 radical (unpaired) electrons. The van der Waals surface area contributed by atoms with Gasteiger partial charge in [-0.15, -0.1) is 0 Å². The number of sulfonamides is 1. The maximum atomic E-state index is 14.2. The molecule has 0 aliphatic heterocycles. The van der Waals surface area contributed by atoms with Crippen molar-refractivity contribution in [3.8, 4) is 0 Å². The van der Waals surface area contributed by atoms with Crippen LogP contribution in [0.2, 0.25) is 10.0 Å². The first kappa shape index (κ1) is 21.5. The van der Waals surface area contributed by atoms with Crippen LogP contribution < -0.4 is 9.62 Å². The number of carbonyl (C=O) groups is 1. The van der Waals surface area contributed by atoms with Crippen LogP contribution in [-0.2, 0) is 21.4 Å². The van der Waals surface area contributed by atoms with Crippen LogP contribution in [0.15, 0.2) is 42.5 Å². The molecule has 0 bridgehead atoms. The van der Waals surface area contributed by atoms with Gasteiger partial charge < -0.3 is 5.32 Å². The molecule has 0 spiro atoms. The Hall–Kier alpha value is -1.83. The summed E-state index contributed by atoms with van der Waals surface area (Å²) >= 11 is 11.9. The predicted molar refractivity (Wildman–Crippen MR) is 106 cm³/mol. The minimum absolute atomic E-state index is 0.0835. The fourth-order valence-electron chi connectivity index (χ4n) is 2.63. The smallest absolute Gasteiger partial charge is 0.244 e. The summed E-state index contributed by atoms with van der Waals surface area (Å²) in [6.07, 6.45) is 1.09. The van der Waals surface area contributed by atoms with Crippen molar-refractivity contribution in [2.45, 2.75) is 25.9 Å². The minimum atomic E-state index is -3.90. The Labute approximate surface area is 168 Å². The van der Waals surface area contributed by atoms with Gasteiger partial charge in [-0.25, -0.2) is 12.8 Å². The third kappa shape index (κ3) is 5.34. The van der Waals surface area contributed by atoms with Crippen molar-refractivity contribution in [2.24, 2.45) is 0 Å². The lowest BCUT2D eigenvalue weighted by atomic mass is 10.1. The van der Waals surface area contributed by atoms with Crippen LogP contribution in [0.5, 0.6) is 0 Å². The summed E-state index contributed by atoms with van der Waals surface area (Å²) in [5.74, 6) is -1.29. The SMILES string of the molecule is CC[C@@H](C(=O)NCc1ccc(Cl)cc1Cl)N(c1ccccc1F)S(C)(=O)=O. The maximum Gasteiger partial charge on any atom is 0.244 e. The summed E-state index contributed by atoms with van der Waals surface area (Å²) in [4.78, 5) is 12.7. The highest BCUT2D eigenvalue weighted by Gasteiger charge is 2.32. The van der Waals surface area contributed by atoms with E-state index in [0.29, 0.717) is 15.6 Å². The summed E-state index contributed by atoms with van der Waals surface area (Å²) in [7, 11) is -3.90. The van der Waals surface area contributed by atoms with E-state index < -0.39 is 27.8 Å². The van der Waals surface area contributed by atoms with Crippen molar-refractivity contribution < 1.29 is 17.6 Å². The van der Waals surface area contributed by atoms with E-state index in [1.165, 1.54) is 18.2 Å². The Balaban J connectivity index is 2.28. The molecular formula is C18H19Cl2FN2O3S. The molecule has 2 aromatic rings. The van der Waals surface area contributed by atoms with Crippen molar-refractivity contribution >= 4 is 44.8 Å². The summed E-state index contributed by atoms with van der Waals surface area (Å²) in [5.41, 5.74) is 0.451. The molecule has 0 heterocycles. The Morgan fingerprint density at radius 2 is 1.89 bits per heavy atom. The van der Waals surface area contributed by atoms with E-state index >= 15 is 0 Å². The van der Waals surface area contributed by atoms with Crippen molar-refractivity contribution in [1.29, 1.82) is 0 Å². The van der Waals surface area contributed by atoms with Crippen LogP contribution in [0.1, 0.15) is 18.9 Å². The van der Waals surface area contributed by atoms with E-state index in [9.17, 15) is 17.6 Å². The van der Waals surface area contributed by atoms with E-state index in [2.05, 4.69) is 5.32 Å². The zero-order valence-electron chi connectivity index (χ0n) is 14.7. The van der Waals surface area contributed by atoms with Gasteiger partial charge in [-0.2, -0.15) is 0 Å². The van der Waals surface area contributed by atoms with Crippen molar-refractivity contribution in [2.75, 3.05) is 10.6 Å². The number of hydrogen-bond acceptors (Lipinski definition) is 3. The number of rotatable bonds is 7. The molecule has 0 saturated carbocycles. The van der Waals surface area contributed by atoms with Gasteiger partial charge in [0.05, 0.1) is 11.9 Å². The van der Waals surface area contributed by atoms with Gasteiger partial charge in [0.1, 0.15) is 11.9 Å². The third-order valence-corrected chi connectivity index (χ3v) is 5.64. The molecule has 1 N–H and O–H groups in total. The van der Waals surface area contributed by atoms with Crippen molar-refractivity contribution in [3.05, 3.63) is 63.9 Å². The molecule has 2 rings (SSSR count). The number of hydrogen-bond donors (Lipinski definition) is 1. The molecule has 0 aliphatic rings. The zero-order valence-corrected chi connectivity index (χ0v) is 17.1. The largest absolute Gasteiger partial charge is 0.350 e. The standard InChI is InChI=1S/C18H19Cl2FN2O3S/c1-3-16(18(24)22-11-12-8-9-13(19)10-14(12)20)23(27(2,25)26)17-7-5-4-6-15(17)21/h4-10,16H,3,11H2,1-2H3,(H,22,24)/t16-/m0/s1. The van der Waals surface area contributed by atoms with Crippen molar-refractivity contribution in [1.82, 2.24) is 5.32 Å². The molecule has 1 atom stereocenters. The first-order valence-corrected chi connectivity index (χ1v) is 10.7. The molecular weight excluding hydrogens is 414 g/mol. The number of carbonyl (C=O) groups excluding carboxylic acids is 1. The van der Waals surface area contributed by atoms with Gasteiger partial charge >= 0.3 is 0 Å². The van der Waals surface area contributed by atoms with E-state index in [0.717, 1.165) is 16.6 Å². The van der Waals surface area contributed by atoms with Crippen molar-refractivity contribution in [3.63, 3.8) is 0 Å². The van der Waals surface area contributed by atoms with Gasteiger partial charge in [0.15, 0.2) is 0 Å². The number of halogens is 3. The summed E-state index contributed by atoms with van der Waals surface area (Å²) in [6.45, 7) is 1.73. The normalized spacial score (nSPS) is 12.5. The maximum absolute atomic E-state index is 14.2. The van der Waals surface area contributed by atoms with Crippen LogP contribution in [0, 0.1) is 5.82 Å². The fourth-order valence-corrected chi connectivity index (χ4v) is 4.32. The quantitative estimate of drug-likeness (QED) is 0.718. The number of nitrogens with one attached hydrogen (secondary N) is 1. The molecule has 2 aromatic carbocycles. The number of para-hydroxylation sites is 1. The first-order chi connectivity index (χ1) is 12.6. The summed E-state index contributed by atoms with van der Waals surface area (Å²) < 4.78 is 39.6. The second-order valence-electron chi connectivity index (χ2n) is 5.89. The van der Waals surface area contributed by atoms with Gasteiger partial charge in [0, 0.05) is 16.6 Å². The number of amides is 1. The van der Waals surface area contributed by atoms with Gasteiger partial charge in [0.25, 0.3) is 0 Å². The third-order valence-electron chi connectivity index (χ3n) is 3.89. The minimum Gasteiger partial charge on any atom is -0.350 e. The van der Waals surface area contributed by atoms with Gasteiger partial charge in [-0.05, 0) is 36.2 Å². The van der Waals surface area contributed by atoms with E-state index in [-0.39, 0.29) is 18.7 Å². The van der Waals surface area contributed by atoms with E-state index in [1.807, 2.05) is 0 Å². The molecule has 146 valence electrons. The highest BCUT2D eigenvalue weighted by molar-refractivity contribution is 7.92. The molecule has 0 unspecified atom stereocenters. The summed E-state index contributed by atoms with van der Waals surface area (Å²) in [5, 5.41) is 3.50. The summed E-state index contributed by atoms with van der Waals surface area (Å²) in [6, 6.07) is 9.16. The molecule has 27 heavy (non-hydrogen) atoms. The molecule has 9 heteroatoms. The van der Waals surface area contributed by atoms with Gasteiger partial charge in [0.2, 0.25) is 15.9 Å². The van der Waals surface area contributed by atoms with E-state index in [4.69, 9.17) is 23.2 Å². The second-order valence-corrected chi connectivity index (χ2v) is 8.59. The Kier molecular flexibility index (Phi) is 7.08.